The van der Waals surface area contributed by atoms with E-state index in [1.54, 1.807) is 53.2 Å². The molecule has 7 heteroatoms. The van der Waals surface area contributed by atoms with E-state index in [0.717, 1.165) is 11.4 Å². The molecule has 1 aromatic heterocycles. The number of nitrogens with one attached hydrogen (secondary N) is 2. The molecule has 0 aliphatic carbocycles. The smallest absolute Gasteiger partial charge is 0.270 e. The fourth-order valence-corrected chi connectivity index (χ4v) is 2.72. The molecule has 144 valence electrons. The summed E-state index contributed by atoms with van der Waals surface area (Å²) in [5.74, 6) is -0.0201. The minimum absolute atomic E-state index is 0.143. The van der Waals surface area contributed by atoms with Crippen LogP contribution in [0.5, 0.6) is 5.75 Å². The molecule has 0 saturated heterocycles. The second kappa shape index (κ2) is 8.63. The van der Waals surface area contributed by atoms with Crippen LogP contribution in [0.4, 0.5) is 5.69 Å². The van der Waals surface area contributed by atoms with Crippen molar-refractivity contribution >= 4 is 29.1 Å². The number of rotatable bonds is 6. The minimum atomic E-state index is -0.289. The van der Waals surface area contributed by atoms with Crippen LogP contribution in [-0.4, -0.2) is 23.1 Å². The summed E-state index contributed by atoms with van der Waals surface area (Å²) < 4.78 is 7.20. The van der Waals surface area contributed by atoms with Gasteiger partial charge in [-0.25, -0.2) is 0 Å². The SMILES string of the molecule is Cc1ccc(C)n1NC(=O)c1ccc(OCC(=O)Nc2ccc(Cl)cc2)cc1. The van der Waals surface area contributed by atoms with Gasteiger partial charge in [0.05, 0.1) is 0 Å². The van der Waals surface area contributed by atoms with Gasteiger partial charge in [-0.1, -0.05) is 11.6 Å². The van der Waals surface area contributed by atoms with Crippen molar-refractivity contribution < 1.29 is 14.3 Å². The second-order valence-corrected chi connectivity index (χ2v) is 6.70. The van der Waals surface area contributed by atoms with Gasteiger partial charge in [0.25, 0.3) is 11.8 Å². The molecule has 1 heterocycles. The summed E-state index contributed by atoms with van der Waals surface area (Å²) in [7, 11) is 0. The average Bonchev–Trinajstić information content (AvgIpc) is 3.00. The molecule has 3 aromatic rings. The van der Waals surface area contributed by atoms with Crippen molar-refractivity contribution in [3.63, 3.8) is 0 Å². The van der Waals surface area contributed by atoms with Gasteiger partial charge in [0.15, 0.2) is 6.61 Å². The van der Waals surface area contributed by atoms with Crippen molar-refractivity contribution in [2.45, 2.75) is 13.8 Å². The predicted molar refractivity (Wildman–Crippen MR) is 110 cm³/mol. The molecular weight excluding hydrogens is 378 g/mol. The summed E-state index contributed by atoms with van der Waals surface area (Å²) in [6, 6.07) is 17.3. The summed E-state index contributed by atoms with van der Waals surface area (Å²) in [6.07, 6.45) is 0. The third-order valence-corrected chi connectivity index (χ3v) is 4.35. The molecule has 0 unspecified atom stereocenters. The molecule has 0 spiro atoms. The maximum absolute atomic E-state index is 12.4. The van der Waals surface area contributed by atoms with E-state index in [2.05, 4.69) is 10.7 Å². The van der Waals surface area contributed by atoms with E-state index in [0.29, 0.717) is 22.0 Å². The maximum atomic E-state index is 12.4. The number of amides is 2. The molecule has 2 N–H and O–H groups in total. The van der Waals surface area contributed by atoms with Crippen molar-refractivity contribution in [1.29, 1.82) is 0 Å². The van der Waals surface area contributed by atoms with E-state index < -0.39 is 0 Å². The number of anilines is 1. The number of carbonyl (C=O) groups excluding carboxylic acids is 2. The number of nitrogens with zero attached hydrogens (tertiary/aromatic N) is 1. The van der Waals surface area contributed by atoms with Gasteiger partial charge in [0.1, 0.15) is 5.75 Å². The number of halogens is 1. The zero-order chi connectivity index (χ0) is 20.1. The Labute approximate surface area is 168 Å². The van der Waals surface area contributed by atoms with Crippen LogP contribution in [-0.2, 0) is 4.79 Å². The molecule has 0 saturated carbocycles. The van der Waals surface area contributed by atoms with Crippen molar-refractivity contribution in [2.75, 3.05) is 17.3 Å². The van der Waals surface area contributed by atoms with Crippen molar-refractivity contribution in [3.05, 3.63) is 82.6 Å². The lowest BCUT2D eigenvalue weighted by molar-refractivity contribution is -0.118. The molecule has 3 rings (SSSR count). The fraction of sp³-hybridized carbons (Fsp3) is 0.143. The van der Waals surface area contributed by atoms with E-state index in [-0.39, 0.29) is 18.4 Å². The first-order chi connectivity index (χ1) is 13.4. The van der Waals surface area contributed by atoms with Crippen LogP contribution in [0.2, 0.25) is 5.02 Å². The molecule has 2 aromatic carbocycles. The van der Waals surface area contributed by atoms with Gasteiger partial charge in [-0.15, -0.1) is 0 Å². The number of carbonyl (C=O) groups is 2. The topological polar surface area (TPSA) is 72.4 Å². The first kappa shape index (κ1) is 19.5. The number of benzene rings is 2. The summed E-state index contributed by atoms with van der Waals surface area (Å²) >= 11 is 5.81. The summed E-state index contributed by atoms with van der Waals surface area (Å²) in [6.45, 7) is 3.69. The van der Waals surface area contributed by atoms with Crippen molar-refractivity contribution in [3.8, 4) is 5.75 Å². The normalized spacial score (nSPS) is 10.4. The van der Waals surface area contributed by atoms with Gasteiger partial charge >= 0.3 is 0 Å². The van der Waals surface area contributed by atoms with Crippen LogP contribution in [0.3, 0.4) is 0 Å². The van der Waals surface area contributed by atoms with E-state index in [1.165, 1.54) is 0 Å². The summed E-state index contributed by atoms with van der Waals surface area (Å²) in [4.78, 5) is 24.3. The molecule has 0 bridgehead atoms. The number of hydrogen-bond donors (Lipinski definition) is 2. The van der Waals surface area contributed by atoms with E-state index in [1.807, 2.05) is 26.0 Å². The van der Waals surface area contributed by atoms with E-state index >= 15 is 0 Å². The first-order valence-electron chi connectivity index (χ1n) is 8.67. The largest absolute Gasteiger partial charge is 0.484 e. The molecule has 28 heavy (non-hydrogen) atoms. The van der Waals surface area contributed by atoms with Gasteiger partial charge in [0, 0.05) is 27.7 Å². The Bertz CT molecular complexity index is 960. The number of ether oxygens (including phenoxy) is 1. The number of aromatic nitrogens is 1. The zero-order valence-corrected chi connectivity index (χ0v) is 16.3. The van der Waals surface area contributed by atoms with Crippen LogP contribution in [0.1, 0.15) is 21.7 Å². The lowest BCUT2D eigenvalue weighted by Crippen LogP contribution is -2.24. The van der Waals surface area contributed by atoms with Gasteiger partial charge in [-0.2, -0.15) is 0 Å². The molecule has 0 fully saturated rings. The van der Waals surface area contributed by atoms with Crippen LogP contribution < -0.4 is 15.5 Å². The Morgan fingerprint density at radius 1 is 0.929 bits per heavy atom. The molecule has 0 aliphatic rings. The third kappa shape index (κ3) is 4.92. The molecule has 0 radical (unpaired) electrons. The zero-order valence-electron chi connectivity index (χ0n) is 15.5. The molecule has 0 aliphatic heterocycles. The number of aryl methyl sites for hydroxylation is 2. The van der Waals surface area contributed by atoms with Crippen LogP contribution in [0.15, 0.2) is 60.7 Å². The van der Waals surface area contributed by atoms with Gasteiger partial charge < -0.3 is 10.1 Å². The Morgan fingerprint density at radius 3 is 2.14 bits per heavy atom. The van der Waals surface area contributed by atoms with E-state index in [4.69, 9.17) is 16.3 Å². The summed E-state index contributed by atoms with van der Waals surface area (Å²) in [5.41, 5.74) is 5.85. The highest BCUT2D eigenvalue weighted by Crippen LogP contribution is 2.15. The van der Waals surface area contributed by atoms with Gasteiger partial charge in [0.2, 0.25) is 0 Å². The fourth-order valence-electron chi connectivity index (χ4n) is 2.59. The lowest BCUT2D eigenvalue weighted by Gasteiger charge is -2.12. The number of hydrogen-bond acceptors (Lipinski definition) is 3. The highest BCUT2D eigenvalue weighted by molar-refractivity contribution is 6.30. The Balaban J connectivity index is 1.53. The molecular formula is C21H20ClN3O3. The lowest BCUT2D eigenvalue weighted by atomic mass is 10.2. The Kier molecular flexibility index (Phi) is 6.01. The second-order valence-electron chi connectivity index (χ2n) is 6.26. The van der Waals surface area contributed by atoms with Crippen LogP contribution in [0.25, 0.3) is 0 Å². The first-order valence-corrected chi connectivity index (χ1v) is 9.05. The maximum Gasteiger partial charge on any atom is 0.270 e. The monoisotopic (exact) mass is 397 g/mol. The standard InChI is InChI=1S/C21H20ClN3O3/c1-14-3-4-15(2)25(14)24-21(27)16-5-11-19(12-6-16)28-13-20(26)23-18-9-7-17(22)8-10-18/h3-12H,13H2,1-2H3,(H,23,26)(H,24,27). The summed E-state index contributed by atoms with van der Waals surface area (Å²) in [5, 5.41) is 3.31. The highest BCUT2D eigenvalue weighted by atomic mass is 35.5. The predicted octanol–water partition coefficient (Wildman–Crippen LogP) is 4.16. The Hall–Kier alpha value is -3.25. The molecule has 6 nitrogen and oxygen atoms in total. The van der Waals surface area contributed by atoms with Crippen molar-refractivity contribution in [2.24, 2.45) is 0 Å². The quantitative estimate of drug-likeness (QED) is 0.656. The highest BCUT2D eigenvalue weighted by Gasteiger charge is 2.09. The molecule has 0 atom stereocenters. The van der Waals surface area contributed by atoms with Crippen molar-refractivity contribution in [1.82, 2.24) is 4.68 Å². The van der Waals surface area contributed by atoms with Crippen LogP contribution >= 0.6 is 11.6 Å². The third-order valence-electron chi connectivity index (χ3n) is 4.10. The van der Waals surface area contributed by atoms with Gasteiger partial charge in [-0.3, -0.25) is 19.7 Å². The van der Waals surface area contributed by atoms with E-state index in [9.17, 15) is 9.59 Å². The average molecular weight is 398 g/mol. The van der Waals surface area contributed by atoms with Gasteiger partial charge in [-0.05, 0) is 74.5 Å². The molecule has 2 amide bonds. The Morgan fingerprint density at radius 2 is 1.54 bits per heavy atom. The minimum Gasteiger partial charge on any atom is -0.484 e. The van der Waals surface area contributed by atoms with Crippen LogP contribution in [0, 0.1) is 13.8 Å².